The van der Waals surface area contributed by atoms with E-state index in [1.54, 1.807) is 23.9 Å². The smallest absolute Gasteiger partial charge is 0.252 e. The van der Waals surface area contributed by atoms with Crippen molar-refractivity contribution in [3.63, 3.8) is 0 Å². The van der Waals surface area contributed by atoms with Gasteiger partial charge in [0.1, 0.15) is 5.65 Å². The minimum Gasteiger partial charge on any atom is -0.296 e. The highest BCUT2D eigenvalue weighted by Crippen LogP contribution is 2.21. The first-order valence-corrected chi connectivity index (χ1v) is 5.06. The number of hydrogen-bond acceptors (Lipinski definition) is 2. The molecule has 0 aliphatic carbocycles. The summed E-state index contributed by atoms with van der Waals surface area (Å²) in [6.45, 7) is 4.17. The first kappa shape index (κ1) is 9.90. The van der Waals surface area contributed by atoms with Gasteiger partial charge in [0, 0.05) is 24.7 Å². The number of fused-ring (bicyclic) bond motifs is 1. The van der Waals surface area contributed by atoms with Gasteiger partial charge in [-0.2, -0.15) is 0 Å². The number of pyridine rings is 2. The Morgan fingerprint density at radius 2 is 2.13 bits per heavy atom. The van der Waals surface area contributed by atoms with Crippen LogP contribution in [0.15, 0.2) is 29.2 Å². The van der Waals surface area contributed by atoms with Crippen molar-refractivity contribution in [2.75, 3.05) is 0 Å². The summed E-state index contributed by atoms with van der Waals surface area (Å²) in [7, 11) is 1.75. The summed E-state index contributed by atoms with van der Waals surface area (Å²) in [4.78, 5) is 15.9. The van der Waals surface area contributed by atoms with Crippen molar-refractivity contribution in [1.82, 2.24) is 9.55 Å². The van der Waals surface area contributed by atoms with Crippen molar-refractivity contribution in [2.45, 2.75) is 19.8 Å². The molecule has 0 aliphatic rings. The van der Waals surface area contributed by atoms with E-state index in [4.69, 9.17) is 0 Å². The van der Waals surface area contributed by atoms with Crippen LogP contribution >= 0.6 is 0 Å². The summed E-state index contributed by atoms with van der Waals surface area (Å²) in [5, 5.41) is 1.06. The Morgan fingerprint density at radius 3 is 2.80 bits per heavy atom. The Kier molecular flexibility index (Phi) is 2.31. The van der Waals surface area contributed by atoms with Crippen LogP contribution in [0.25, 0.3) is 11.0 Å². The fraction of sp³-hybridized carbons (Fsp3) is 0.333. The van der Waals surface area contributed by atoms with Gasteiger partial charge in [-0.3, -0.25) is 9.36 Å². The molecule has 0 aliphatic heterocycles. The molecule has 3 nitrogen and oxygen atoms in total. The molecule has 0 aromatic carbocycles. The van der Waals surface area contributed by atoms with Gasteiger partial charge in [-0.15, -0.1) is 0 Å². The van der Waals surface area contributed by atoms with Crippen molar-refractivity contribution in [3.05, 3.63) is 40.3 Å². The van der Waals surface area contributed by atoms with E-state index in [-0.39, 0.29) is 5.56 Å². The van der Waals surface area contributed by atoms with Gasteiger partial charge in [-0.1, -0.05) is 13.8 Å². The van der Waals surface area contributed by atoms with Gasteiger partial charge in [0.2, 0.25) is 0 Å². The Morgan fingerprint density at radius 1 is 1.40 bits per heavy atom. The van der Waals surface area contributed by atoms with Crippen molar-refractivity contribution < 1.29 is 0 Å². The summed E-state index contributed by atoms with van der Waals surface area (Å²) in [5.74, 6) is 0.339. The summed E-state index contributed by atoms with van der Waals surface area (Å²) in [6.07, 6.45) is 1.71. The van der Waals surface area contributed by atoms with Crippen LogP contribution in [0.1, 0.15) is 25.3 Å². The van der Waals surface area contributed by atoms with Crippen LogP contribution in [-0.4, -0.2) is 9.55 Å². The van der Waals surface area contributed by atoms with E-state index in [0.29, 0.717) is 5.92 Å². The van der Waals surface area contributed by atoms with Gasteiger partial charge in [-0.05, 0) is 23.6 Å². The molecule has 3 heteroatoms. The summed E-state index contributed by atoms with van der Waals surface area (Å²) >= 11 is 0. The van der Waals surface area contributed by atoms with E-state index in [0.717, 1.165) is 16.6 Å². The largest absolute Gasteiger partial charge is 0.296 e. The second kappa shape index (κ2) is 3.50. The molecule has 78 valence electrons. The van der Waals surface area contributed by atoms with E-state index in [2.05, 4.69) is 18.8 Å². The fourth-order valence-electron chi connectivity index (χ4n) is 1.78. The predicted octanol–water partition coefficient (Wildman–Crippen LogP) is 2.06. The second-order valence-corrected chi connectivity index (χ2v) is 4.03. The maximum atomic E-state index is 11.7. The second-order valence-electron chi connectivity index (χ2n) is 4.03. The standard InChI is InChI=1S/C12H14N2O/c1-8(2)10-7-11(15)14(3)12-9(10)5-4-6-13-12/h4-8H,1-3H3. The molecule has 0 fully saturated rings. The third-order valence-electron chi connectivity index (χ3n) is 2.65. The molecule has 2 aromatic heterocycles. The molecule has 0 amide bonds. The molecule has 2 rings (SSSR count). The molecule has 0 spiro atoms. The number of rotatable bonds is 1. The molecule has 2 aromatic rings. The lowest BCUT2D eigenvalue weighted by Gasteiger charge is -2.11. The summed E-state index contributed by atoms with van der Waals surface area (Å²) in [5.41, 5.74) is 1.83. The molecule has 0 saturated carbocycles. The van der Waals surface area contributed by atoms with E-state index in [1.807, 2.05) is 12.1 Å². The number of nitrogens with zero attached hydrogens (tertiary/aromatic N) is 2. The molecule has 2 heterocycles. The molecule has 0 unspecified atom stereocenters. The number of hydrogen-bond donors (Lipinski definition) is 0. The third-order valence-corrected chi connectivity index (χ3v) is 2.65. The zero-order valence-electron chi connectivity index (χ0n) is 9.19. The Labute approximate surface area is 88.4 Å². The summed E-state index contributed by atoms with van der Waals surface area (Å²) in [6, 6.07) is 5.62. The van der Waals surface area contributed by atoms with Gasteiger partial charge in [0.15, 0.2) is 0 Å². The average Bonchev–Trinajstić information content (AvgIpc) is 2.23. The van der Waals surface area contributed by atoms with Crippen LogP contribution in [0.5, 0.6) is 0 Å². The minimum atomic E-state index is 0.00454. The molecule has 0 saturated heterocycles. The monoisotopic (exact) mass is 202 g/mol. The van der Waals surface area contributed by atoms with Gasteiger partial charge in [0.25, 0.3) is 5.56 Å². The Bertz CT molecular complexity index is 555. The maximum absolute atomic E-state index is 11.7. The normalized spacial score (nSPS) is 11.2. The van der Waals surface area contributed by atoms with Crippen LogP contribution in [0.3, 0.4) is 0 Å². The van der Waals surface area contributed by atoms with Crippen molar-refractivity contribution >= 4 is 11.0 Å². The van der Waals surface area contributed by atoms with E-state index < -0.39 is 0 Å². The van der Waals surface area contributed by atoms with E-state index >= 15 is 0 Å². The number of aromatic nitrogens is 2. The Balaban J connectivity index is 2.95. The predicted molar refractivity (Wildman–Crippen MR) is 61.1 cm³/mol. The summed E-state index contributed by atoms with van der Waals surface area (Å²) < 4.78 is 1.58. The molecular weight excluding hydrogens is 188 g/mol. The van der Waals surface area contributed by atoms with Gasteiger partial charge in [0.05, 0.1) is 0 Å². The maximum Gasteiger partial charge on any atom is 0.252 e. The van der Waals surface area contributed by atoms with Gasteiger partial charge >= 0.3 is 0 Å². The van der Waals surface area contributed by atoms with Crippen LogP contribution in [0, 0.1) is 0 Å². The lowest BCUT2D eigenvalue weighted by Crippen LogP contribution is -2.18. The van der Waals surface area contributed by atoms with E-state index in [9.17, 15) is 4.79 Å². The highest BCUT2D eigenvalue weighted by atomic mass is 16.1. The highest BCUT2D eigenvalue weighted by Gasteiger charge is 2.09. The van der Waals surface area contributed by atoms with Crippen LogP contribution in [-0.2, 0) is 7.05 Å². The van der Waals surface area contributed by atoms with Crippen LogP contribution in [0.2, 0.25) is 0 Å². The lowest BCUT2D eigenvalue weighted by molar-refractivity contribution is 0.838. The zero-order chi connectivity index (χ0) is 11.0. The third kappa shape index (κ3) is 1.54. The molecule has 0 bridgehead atoms. The minimum absolute atomic E-state index is 0.00454. The van der Waals surface area contributed by atoms with Crippen molar-refractivity contribution in [3.8, 4) is 0 Å². The first-order chi connectivity index (χ1) is 7.11. The quantitative estimate of drug-likeness (QED) is 0.709. The molecule has 0 radical (unpaired) electrons. The van der Waals surface area contributed by atoms with Crippen molar-refractivity contribution in [2.24, 2.45) is 7.05 Å². The molecule has 15 heavy (non-hydrogen) atoms. The zero-order valence-corrected chi connectivity index (χ0v) is 9.19. The van der Waals surface area contributed by atoms with Crippen LogP contribution < -0.4 is 5.56 Å². The van der Waals surface area contributed by atoms with E-state index in [1.165, 1.54) is 0 Å². The lowest BCUT2D eigenvalue weighted by atomic mass is 10.0. The molecule has 0 N–H and O–H groups in total. The SMILES string of the molecule is CC(C)c1cc(=O)n(C)c2ncccc12. The molecular formula is C12H14N2O. The number of aryl methyl sites for hydroxylation is 1. The van der Waals surface area contributed by atoms with Gasteiger partial charge < -0.3 is 0 Å². The first-order valence-electron chi connectivity index (χ1n) is 5.06. The van der Waals surface area contributed by atoms with Crippen LogP contribution in [0.4, 0.5) is 0 Å². The highest BCUT2D eigenvalue weighted by molar-refractivity contribution is 5.79. The average molecular weight is 202 g/mol. The Hall–Kier alpha value is -1.64. The molecule has 0 atom stereocenters. The van der Waals surface area contributed by atoms with Crippen molar-refractivity contribution in [1.29, 1.82) is 0 Å². The topological polar surface area (TPSA) is 34.9 Å². The fourth-order valence-corrected chi connectivity index (χ4v) is 1.78. The van der Waals surface area contributed by atoms with Gasteiger partial charge in [-0.25, -0.2) is 4.98 Å².